The van der Waals surface area contributed by atoms with Crippen LogP contribution in [0.3, 0.4) is 0 Å². The second-order valence-corrected chi connectivity index (χ2v) is 4.92. The van der Waals surface area contributed by atoms with Crippen molar-refractivity contribution >= 4 is 11.6 Å². The molecule has 5 nitrogen and oxygen atoms in total. The maximum Gasteiger partial charge on any atom is 0.147 e. The van der Waals surface area contributed by atoms with Crippen LogP contribution in [0.25, 0.3) is 0 Å². The number of ether oxygens (including phenoxy) is 2. The van der Waals surface area contributed by atoms with Crippen molar-refractivity contribution in [3.8, 4) is 11.5 Å². The highest BCUT2D eigenvalue weighted by Gasteiger charge is 2.12. The number of benzene rings is 1. The third kappa shape index (κ3) is 3.05. The van der Waals surface area contributed by atoms with Gasteiger partial charge in [-0.1, -0.05) is 17.7 Å². The first-order valence-corrected chi connectivity index (χ1v) is 6.63. The summed E-state index contributed by atoms with van der Waals surface area (Å²) in [7, 11) is 3.45. The quantitative estimate of drug-likeness (QED) is 0.921. The summed E-state index contributed by atoms with van der Waals surface area (Å²) >= 11 is 5.95. The fourth-order valence-corrected chi connectivity index (χ4v) is 1.99. The van der Waals surface area contributed by atoms with Crippen molar-refractivity contribution in [1.82, 2.24) is 9.55 Å². The molecule has 2 N–H and O–H groups in total. The zero-order valence-electron chi connectivity index (χ0n) is 11.8. The lowest BCUT2D eigenvalue weighted by Crippen LogP contribution is -2.10. The Morgan fingerprint density at radius 3 is 2.75 bits per heavy atom. The summed E-state index contributed by atoms with van der Waals surface area (Å²) in [5, 5.41) is 0.571. The Morgan fingerprint density at radius 2 is 2.20 bits per heavy atom. The van der Waals surface area contributed by atoms with E-state index in [1.54, 1.807) is 17.9 Å². The van der Waals surface area contributed by atoms with Crippen LogP contribution in [0.2, 0.25) is 5.15 Å². The Balaban J connectivity index is 2.21. The molecular weight excluding hydrogens is 278 g/mol. The van der Waals surface area contributed by atoms with Crippen molar-refractivity contribution < 1.29 is 9.47 Å². The van der Waals surface area contributed by atoms with Gasteiger partial charge in [-0.2, -0.15) is 0 Å². The predicted octanol–water partition coefficient (Wildman–Crippen LogP) is 2.68. The van der Waals surface area contributed by atoms with Crippen molar-refractivity contribution in [3.63, 3.8) is 0 Å². The normalized spacial score (nSPS) is 12.2. The Labute approximate surface area is 123 Å². The van der Waals surface area contributed by atoms with Gasteiger partial charge in [-0.05, 0) is 13.0 Å². The average Bonchev–Trinajstić information content (AvgIpc) is 2.76. The summed E-state index contributed by atoms with van der Waals surface area (Å²) in [4.78, 5) is 4.19. The van der Waals surface area contributed by atoms with Crippen LogP contribution in [-0.2, 0) is 13.7 Å². The molecule has 0 saturated heterocycles. The summed E-state index contributed by atoms with van der Waals surface area (Å²) in [6, 6.07) is 5.47. The van der Waals surface area contributed by atoms with E-state index in [0.717, 1.165) is 17.1 Å². The minimum absolute atomic E-state index is 0.124. The zero-order chi connectivity index (χ0) is 14.7. The fraction of sp³-hybridized carbons (Fsp3) is 0.357. The maximum absolute atomic E-state index is 5.95. The van der Waals surface area contributed by atoms with E-state index in [0.29, 0.717) is 17.5 Å². The highest BCUT2D eigenvalue weighted by molar-refractivity contribution is 6.29. The minimum atomic E-state index is -0.124. The van der Waals surface area contributed by atoms with Crippen LogP contribution < -0.4 is 15.2 Å². The molecule has 0 aliphatic carbocycles. The van der Waals surface area contributed by atoms with Gasteiger partial charge in [-0.25, -0.2) is 4.98 Å². The SMILES string of the molecule is COc1ccc(C(C)N)c(OCc2ncc(Cl)n2C)c1. The van der Waals surface area contributed by atoms with Crippen molar-refractivity contribution in [1.29, 1.82) is 0 Å². The number of nitrogens with two attached hydrogens (primary N) is 1. The Bertz CT molecular complexity index is 596. The minimum Gasteiger partial charge on any atom is -0.497 e. The molecule has 0 amide bonds. The summed E-state index contributed by atoms with van der Waals surface area (Å²) < 4.78 is 12.8. The number of hydrogen-bond donors (Lipinski definition) is 1. The molecule has 0 saturated carbocycles. The van der Waals surface area contributed by atoms with E-state index in [1.807, 2.05) is 32.2 Å². The van der Waals surface area contributed by atoms with Crippen molar-refractivity contribution in [3.05, 3.63) is 40.9 Å². The van der Waals surface area contributed by atoms with Crippen LogP contribution in [0, 0.1) is 0 Å². The fourth-order valence-electron chi connectivity index (χ4n) is 1.84. The molecule has 2 rings (SSSR count). The van der Waals surface area contributed by atoms with Gasteiger partial charge >= 0.3 is 0 Å². The van der Waals surface area contributed by atoms with Crippen LogP contribution >= 0.6 is 11.6 Å². The molecule has 2 aromatic rings. The molecule has 0 aliphatic heterocycles. The van der Waals surface area contributed by atoms with Crippen LogP contribution in [0.15, 0.2) is 24.4 Å². The van der Waals surface area contributed by atoms with Gasteiger partial charge in [-0.3, -0.25) is 0 Å². The molecule has 20 heavy (non-hydrogen) atoms. The first-order chi connectivity index (χ1) is 9.52. The van der Waals surface area contributed by atoms with E-state index in [4.69, 9.17) is 26.8 Å². The van der Waals surface area contributed by atoms with Gasteiger partial charge in [-0.15, -0.1) is 0 Å². The van der Waals surface area contributed by atoms with Crippen molar-refractivity contribution in [2.45, 2.75) is 19.6 Å². The van der Waals surface area contributed by atoms with Gasteiger partial charge in [0.1, 0.15) is 29.1 Å². The lowest BCUT2D eigenvalue weighted by molar-refractivity contribution is 0.285. The Morgan fingerprint density at radius 1 is 1.45 bits per heavy atom. The number of rotatable bonds is 5. The highest BCUT2D eigenvalue weighted by atomic mass is 35.5. The standard InChI is InChI=1S/C14H18ClN3O2/c1-9(16)11-5-4-10(19-3)6-12(11)20-8-14-17-7-13(15)18(14)2/h4-7,9H,8,16H2,1-3H3. The number of halogens is 1. The lowest BCUT2D eigenvalue weighted by Gasteiger charge is -2.15. The van der Waals surface area contributed by atoms with E-state index in [9.17, 15) is 0 Å². The highest BCUT2D eigenvalue weighted by Crippen LogP contribution is 2.29. The summed E-state index contributed by atoms with van der Waals surface area (Å²) in [5.41, 5.74) is 6.87. The average molecular weight is 296 g/mol. The molecule has 1 atom stereocenters. The van der Waals surface area contributed by atoms with Gasteiger partial charge in [0.25, 0.3) is 0 Å². The number of aromatic nitrogens is 2. The molecule has 108 valence electrons. The third-order valence-corrected chi connectivity index (χ3v) is 3.45. The molecule has 1 unspecified atom stereocenters. The predicted molar refractivity (Wildman–Crippen MR) is 78.1 cm³/mol. The Kier molecular flexibility index (Phi) is 4.52. The van der Waals surface area contributed by atoms with Crippen LogP contribution in [0.5, 0.6) is 11.5 Å². The smallest absolute Gasteiger partial charge is 0.147 e. The number of hydrogen-bond acceptors (Lipinski definition) is 4. The number of nitrogens with zero attached hydrogens (tertiary/aromatic N) is 2. The van der Waals surface area contributed by atoms with Crippen molar-refractivity contribution in [2.75, 3.05) is 7.11 Å². The summed E-state index contributed by atoms with van der Waals surface area (Å²) in [6.07, 6.45) is 1.60. The van der Waals surface area contributed by atoms with Gasteiger partial charge in [0.15, 0.2) is 0 Å². The van der Waals surface area contributed by atoms with Crippen LogP contribution in [0.1, 0.15) is 24.4 Å². The molecule has 0 spiro atoms. The number of imidazole rings is 1. The van der Waals surface area contributed by atoms with E-state index >= 15 is 0 Å². The lowest BCUT2D eigenvalue weighted by atomic mass is 10.1. The van der Waals surface area contributed by atoms with Crippen LogP contribution in [-0.4, -0.2) is 16.7 Å². The molecule has 6 heteroatoms. The molecule has 1 aromatic carbocycles. The molecule has 0 bridgehead atoms. The van der Waals surface area contributed by atoms with Crippen LogP contribution in [0.4, 0.5) is 0 Å². The van der Waals surface area contributed by atoms with E-state index < -0.39 is 0 Å². The largest absolute Gasteiger partial charge is 0.497 e. The molecule has 1 aromatic heterocycles. The van der Waals surface area contributed by atoms with Gasteiger partial charge in [0.05, 0.1) is 13.3 Å². The number of methoxy groups -OCH3 is 1. The molecule has 0 fully saturated rings. The summed E-state index contributed by atoms with van der Waals surface area (Å²) in [5.74, 6) is 2.16. The second kappa shape index (κ2) is 6.15. The third-order valence-electron chi connectivity index (χ3n) is 3.10. The van der Waals surface area contributed by atoms with E-state index in [2.05, 4.69) is 4.98 Å². The van der Waals surface area contributed by atoms with E-state index in [1.165, 1.54) is 0 Å². The monoisotopic (exact) mass is 295 g/mol. The molecular formula is C14H18ClN3O2. The van der Waals surface area contributed by atoms with Gasteiger partial charge < -0.3 is 19.8 Å². The molecule has 1 heterocycles. The molecule has 0 radical (unpaired) electrons. The van der Waals surface area contributed by atoms with Gasteiger partial charge in [0.2, 0.25) is 0 Å². The van der Waals surface area contributed by atoms with Crippen molar-refractivity contribution in [2.24, 2.45) is 12.8 Å². The van der Waals surface area contributed by atoms with Gasteiger partial charge in [0, 0.05) is 24.7 Å². The summed E-state index contributed by atoms with van der Waals surface area (Å²) in [6.45, 7) is 2.22. The first-order valence-electron chi connectivity index (χ1n) is 6.25. The second-order valence-electron chi connectivity index (χ2n) is 4.54. The first kappa shape index (κ1) is 14.7. The topological polar surface area (TPSA) is 62.3 Å². The Hall–Kier alpha value is -1.72. The maximum atomic E-state index is 5.95. The van der Waals surface area contributed by atoms with E-state index in [-0.39, 0.29) is 6.04 Å². The molecule has 0 aliphatic rings. The zero-order valence-corrected chi connectivity index (χ0v) is 12.5.